The highest BCUT2D eigenvalue weighted by Crippen LogP contribution is 2.44. The van der Waals surface area contributed by atoms with Crippen LogP contribution in [0, 0.1) is 23.7 Å². The number of aromatic hydroxyl groups is 2. The molecule has 0 aromatic heterocycles. The molecule has 0 spiro atoms. The minimum absolute atomic E-state index is 0.0621. The smallest absolute Gasteiger partial charge is 0.236 e. The molecule has 0 saturated carbocycles. The van der Waals surface area contributed by atoms with Crippen LogP contribution in [0.5, 0.6) is 11.5 Å². The molecule has 2 heterocycles. The third kappa shape index (κ3) is 12.0. The van der Waals surface area contributed by atoms with Crippen LogP contribution in [-0.4, -0.2) is 132 Å². The molecule has 70 heavy (non-hydrogen) atoms. The number of carbonyl (C=O) groups is 6. The number of carbonyl (C=O) groups excluding carboxylic acids is 6. The van der Waals surface area contributed by atoms with Crippen molar-refractivity contribution in [1.82, 2.24) is 19.6 Å². The van der Waals surface area contributed by atoms with Gasteiger partial charge in [-0.1, -0.05) is 152 Å². The van der Waals surface area contributed by atoms with Gasteiger partial charge in [-0.2, -0.15) is 0 Å². The molecule has 8 rings (SSSR count). The van der Waals surface area contributed by atoms with E-state index < -0.39 is 35.5 Å². The molecule has 4 atom stereocenters. The summed E-state index contributed by atoms with van der Waals surface area (Å²) in [4.78, 5) is 87.4. The van der Waals surface area contributed by atoms with Gasteiger partial charge >= 0.3 is 0 Å². The lowest BCUT2D eigenvalue weighted by molar-refractivity contribution is -0.131. The van der Waals surface area contributed by atoms with Gasteiger partial charge in [0, 0.05) is 112 Å². The van der Waals surface area contributed by atoms with Crippen molar-refractivity contribution in [3.8, 4) is 11.5 Å². The number of phenolic OH excluding ortho intramolecular Hbond substituents is 2. The van der Waals surface area contributed by atoms with E-state index in [-0.39, 0.29) is 59.5 Å². The first-order valence-corrected chi connectivity index (χ1v) is 23.5. The summed E-state index contributed by atoms with van der Waals surface area (Å²) < 4.78 is 0. The zero-order valence-corrected chi connectivity index (χ0v) is 40.0. The Morgan fingerprint density at radius 1 is 0.429 bits per heavy atom. The van der Waals surface area contributed by atoms with Crippen molar-refractivity contribution in [2.24, 2.45) is 23.7 Å². The van der Waals surface area contributed by atoms with Crippen molar-refractivity contribution in [1.29, 1.82) is 0 Å². The van der Waals surface area contributed by atoms with Crippen LogP contribution in [0.15, 0.2) is 170 Å². The average molecular weight is 941 g/mol. The molecular formula is C58H60N4O8. The maximum atomic E-state index is 13.8. The molecule has 2 aliphatic rings. The van der Waals surface area contributed by atoms with Gasteiger partial charge in [0.25, 0.3) is 0 Å². The molecule has 0 aliphatic carbocycles. The molecule has 12 nitrogen and oxygen atoms in total. The van der Waals surface area contributed by atoms with E-state index in [0.29, 0.717) is 54.0 Å². The zero-order chi connectivity index (χ0) is 49.9. The highest BCUT2D eigenvalue weighted by molar-refractivity contribution is 6.03. The van der Waals surface area contributed by atoms with Crippen LogP contribution in [0.2, 0.25) is 0 Å². The Kier molecular flexibility index (Phi) is 16.7. The predicted molar refractivity (Wildman–Crippen MR) is 269 cm³/mol. The molecule has 2 N–H and O–H groups in total. The number of rotatable bonds is 14. The van der Waals surface area contributed by atoms with Crippen LogP contribution in [-0.2, 0) is 9.59 Å². The normalized spacial score (nSPS) is 18.7. The standard InChI is InChI=1S/2C29H30N2O4/c1-30(2)26(33)19-31-17-23(28(34)20-11-5-3-6-12-20)27(22-15-9-10-16-25(22)32)24(18-31)29(35)21-13-7-4-8-14-21;1-30(2)26(33)19-31-17-24(28(34)20-10-5-3-6-11-20)27(22-14-9-15-23(32)16-22)25(18-31)29(35)21-12-7-4-8-13-21/h3-16,23-24,27,32H,17-19H2,1-2H3;3-16,24-25,27,32H,17-19H2,1-2H3/t23-,24-;24-,25-/m00/s1. The molecule has 6 aromatic rings. The Morgan fingerprint density at radius 3 is 1.09 bits per heavy atom. The molecule has 0 unspecified atom stereocenters. The Bertz CT molecular complexity index is 2650. The molecule has 0 bridgehead atoms. The van der Waals surface area contributed by atoms with E-state index >= 15 is 0 Å². The van der Waals surface area contributed by atoms with Gasteiger partial charge in [0.2, 0.25) is 11.8 Å². The first-order valence-electron chi connectivity index (χ1n) is 23.5. The fourth-order valence-corrected chi connectivity index (χ4v) is 9.85. The Hall–Kier alpha value is -7.54. The van der Waals surface area contributed by atoms with Gasteiger partial charge in [0.15, 0.2) is 23.1 Å². The first kappa shape index (κ1) is 50.3. The van der Waals surface area contributed by atoms with Crippen LogP contribution >= 0.6 is 0 Å². The Morgan fingerprint density at radius 2 is 0.757 bits per heavy atom. The van der Waals surface area contributed by atoms with Crippen molar-refractivity contribution in [3.63, 3.8) is 0 Å². The topological polar surface area (TPSA) is 156 Å². The van der Waals surface area contributed by atoms with Gasteiger partial charge in [-0.25, -0.2) is 0 Å². The maximum Gasteiger partial charge on any atom is 0.236 e. The quantitative estimate of drug-likeness (QED) is 0.104. The third-order valence-electron chi connectivity index (χ3n) is 13.4. The summed E-state index contributed by atoms with van der Waals surface area (Å²) in [6.45, 7) is 1.53. The van der Waals surface area contributed by atoms with E-state index in [1.54, 1.807) is 113 Å². The number of benzene rings is 6. The fraction of sp³-hybridized carbons (Fsp3) is 0.276. The predicted octanol–water partition coefficient (Wildman–Crippen LogP) is 7.76. The summed E-state index contributed by atoms with van der Waals surface area (Å²) in [5.41, 5.74) is 3.54. The minimum Gasteiger partial charge on any atom is -0.508 e. The number of likely N-dealkylation sites (tertiary alicyclic amines) is 2. The van der Waals surface area contributed by atoms with Crippen molar-refractivity contribution in [2.75, 3.05) is 67.5 Å². The molecule has 2 amide bonds. The largest absolute Gasteiger partial charge is 0.508 e. The number of phenols is 2. The van der Waals surface area contributed by atoms with Gasteiger partial charge in [-0.15, -0.1) is 0 Å². The highest BCUT2D eigenvalue weighted by atomic mass is 16.3. The Balaban J connectivity index is 0.000000206. The number of likely N-dealkylation sites (N-methyl/N-ethyl adjacent to an activating group) is 2. The summed E-state index contributed by atoms with van der Waals surface area (Å²) in [6, 6.07) is 49.8. The first-order chi connectivity index (χ1) is 33.7. The summed E-state index contributed by atoms with van der Waals surface area (Å²) in [5.74, 6) is -3.76. The number of hydrogen-bond acceptors (Lipinski definition) is 10. The molecule has 360 valence electrons. The van der Waals surface area contributed by atoms with Crippen LogP contribution in [0.3, 0.4) is 0 Å². The number of piperidine rings is 2. The van der Waals surface area contributed by atoms with E-state index in [4.69, 9.17) is 0 Å². The molecule has 6 aromatic carbocycles. The van der Waals surface area contributed by atoms with E-state index in [2.05, 4.69) is 0 Å². The summed E-state index contributed by atoms with van der Waals surface area (Å²) in [6.07, 6.45) is 0. The summed E-state index contributed by atoms with van der Waals surface area (Å²) in [5, 5.41) is 21.0. The number of amides is 2. The minimum atomic E-state index is -0.618. The van der Waals surface area contributed by atoms with E-state index in [1.165, 1.54) is 9.80 Å². The third-order valence-corrected chi connectivity index (χ3v) is 13.4. The number of nitrogens with zero attached hydrogens (tertiary/aromatic N) is 4. The second-order valence-corrected chi connectivity index (χ2v) is 18.5. The molecule has 12 heteroatoms. The lowest BCUT2D eigenvalue weighted by Gasteiger charge is -2.43. The average Bonchev–Trinajstić information content (AvgIpc) is 3.38. The van der Waals surface area contributed by atoms with Gasteiger partial charge < -0.3 is 20.0 Å². The van der Waals surface area contributed by atoms with Gasteiger partial charge in [-0.05, 0) is 29.3 Å². The number of para-hydroxylation sites is 1. The summed E-state index contributed by atoms with van der Waals surface area (Å²) >= 11 is 0. The SMILES string of the molecule is CN(C)C(=O)CN1C[C@H](C(=O)c2ccccc2)C(c2cccc(O)c2)[C@@H](C(=O)c2ccccc2)C1.CN(C)C(=O)CN1C[C@H](C(=O)c2ccccc2)C(c2ccccc2O)[C@@H](C(=O)c2ccccc2)C1. The van der Waals surface area contributed by atoms with Gasteiger partial charge in [0.05, 0.1) is 13.1 Å². The van der Waals surface area contributed by atoms with Crippen molar-refractivity contribution in [2.45, 2.75) is 11.8 Å². The van der Waals surface area contributed by atoms with Crippen molar-refractivity contribution < 1.29 is 39.0 Å². The lowest BCUT2D eigenvalue weighted by atomic mass is 9.68. The highest BCUT2D eigenvalue weighted by Gasteiger charge is 2.47. The van der Waals surface area contributed by atoms with Gasteiger partial charge in [0.1, 0.15) is 11.5 Å². The van der Waals surface area contributed by atoms with Crippen LogP contribution in [0.1, 0.15) is 64.4 Å². The Labute approximate surface area is 409 Å². The number of hydrogen-bond donors (Lipinski definition) is 2. The van der Waals surface area contributed by atoms with E-state index in [0.717, 1.165) is 5.56 Å². The second-order valence-electron chi connectivity index (χ2n) is 18.5. The molecule has 2 aliphatic heterocycles. The number of Topliss-reactive ketones (excluding diaryl/α,β-unsaturated/α-hetero) is 4. The van der Waals surface area contributed by atoms with Crippen molar-refractivity contribution >= 4 is 34.9 Å². The molecular weight excluding hydrogens is 881 g/mol. The van der Waals surface area contributed by atoms with E-state index in [9.17, 15) is 39.0 Å². The lowest BCUT2D eigenvalue weighted by Crippen LogP contribution is -2.52. The van der Waals surface area contributed by atoms with Crippen LogP contribution in [0.25, 0.3) is 0 Å². The number of ketones is 4. The monoisotopic (exact) mass is 940 g/mol. The molecule has 2 saturated heterocycles. The van der Waals surface area contributed by atoms with Gasteiger partial charge in [-0.3, -0.25) is 38.6 Å². The molecule has 0 radical (unpaired) electrons. The second kappa shape index (κ2) is 23.2. The summed E-state index contributed by atoms with van der Waals surface area (Å²) in [7, 11) is 6.77. The van der Waals surface area contributed by atoms with Crippen molar-refractivity contribution in [3.05, 3.63) is 203 Å². The maximum absolute atomic E-state index is 13.8. The van der Waals surface area contributed by atoms with E-state index in [1.807, 2.05) is 94.7 Å². The van der Waals surface area contributed by atoms with Crippen LogP contribution < -0.4 is 0 Å². The zero-order valence-electron chi connectivity index (χ0n) is 40.0. The fourth-order valence-electron chi connectivity index (χ4n) is 9.85. The molecule has 2 fully saturated rings. The van der Waals surface area contributed by atoms with Crippen LogP contribution in [0.4, 0.5) is 0 Å².